The first-order valence-electron chi connectivity index (χ1n) is 10.1. The number of hydrogen-bond donors (Lipinski definition) is 2. The van der Waals surface area contributed by atoms with E-state index in [4.69, 9.17) is 9.15 Å². The van der Waals surface area contributed by atoms with Crippen LogP contribution in [0.25, 0.3) is 11.0 Å². The molecule has 29 heavy (non-hydrogen) atoms. The van der Waals surface area contributed by atoms with E-state index in [1.165, 1.54) is 0 Å². The molecule has 1 aromatic carbocycles. The van der Waals surface area contributed by atoms with Crippen LogP contribution in [0.3, 0.4) is 0 Å². The SMILES string of the molecule is CCCC[C@H](NC(=O)[C@@H](C)Oc1cc(C)cc2oc(=O)c3c(c12)CCC3)C(=O)O. The van der Waals surface area contributed by atoms with Crippen molar-refractivity contribution in [2.75, 3.05) is 0 Å². The van der Waals surface area contributed by atoms with E-state index in [0.29, 0.717) is 36.2 Å². The van der Waals surface area contributed by atoms with Crippen LogP contribution in [-0.4, -0.2) is 29.1 Å². The summed E-state index contributed by atoms with van der Waals surface area (Å²) in [5.41, 5.74) is 2.57. The zero-order chi connectivity index (χ0) is 21.1. The Hall–Kier alpha value is -2.83. The van der Waals surface area contributed by atoms with Crippen LogP contribution in [0.5, 0.6) is 5.75 Å². The van der Waals surface area contributed by atoms with Gasteiger partial charge in [0.05, 0.1) is 5.39 Å². The number of carbonyl (C=O) groups excluding carboxylic acids is 1. The number of carboxylic acid groups (broad SMARTS) is 1. The van der Waals surface area contributed by atoms with Crippen molar-refractivity contribution in [2.24, 2.45) is 0 Å². The maximum Gasteiger partial charge on any atom is 0.339 e. The number of amides is 1. The minimum absolute atomic E-state index is 0.312. The van der Waals surface area contributed by atoms with Crippen LogP contribution in [0.4, 0.5) is 0 Å². The fourth-order valence-electron chi connectivity index (χ4n) is 3.80. The Bertz CT molecular complexity index is 993. The highest BCUT2D eigenvalue weighted by molar-refractivity contribution is 5.90. The van der Waals surface area contributed by atoms with Crippen molar-refractivity contribution in [1.82, 2.24) is 5.32 Å². The molecule has 0 unspecified atom stereocenters. The molecular formula is C22H27NO6. The third-order valence-corrected chi connectivity index (χ3v) is 5.31. The third-order valence-electron chi connectivity index (χ3n) is 5.31. The number of aryl methyl sites for hydroxylation is 2. The van der Waals surface area contributed by atoms with Gasteiger partial charge in [0.2, 0.25) is 0 Å². The second kappa shape index (κ2) is 8.68. The Balaban J connectivity index is 1.87. The summed E-state index contributed by atoms with van der Waals surface area (Å²) in [5, 5.41) is 12.6. The Labute approximate surface area is 169 Å². The van der Waals surface area contributed by atoms with Gasteiger partial charge in [-0.15, -0.1) is 0 Å². The molecule has 0 aliphatic heterocycles. The van der Waals surface area contributed by atoms with Gasteiger partial charge in [0, 0.05) is 5.56 Å². The second-order valence-corrected chi connectivity index (χ2v) is 7.64. The fourth-order valence-corrected chi connectivity index (χ4v) is 3.80. The summed E-state index contributed by atoms with van der Waals surface area (Å²) in [6.45, 7) is 5.41. The van der Waals surface area contributed by atoms with Gasteiger partial charge in [-0.3, -0.25) is 4.79 Å². The van der Waals surface area contributed by atoms with Crippen molar-refractivity contribution in [2.45, 2.75) is 71.4 Å². The highest BCUT2D eigenvalue weighted by Gasteiger charge is 2.26. The number of carbonyl (C=O) groups is 2. The minimum atomic E-state index is -1.06. The second-order valence-electron chi connectivity index (χ2n) is 7.64. The van der Waals surface area contributed by atoms with Gasteiger partial charge in [-0.05, 0) is 62.8 Å². The monoisotopic (exact) mass is 401 g/mol. The van der Waals surface area contributed by atoms with Crippen molar-refractivity contribution in [1.29, 1.82) is 0 Å². The van der Waals surface area contributed by atoms with Crippen LogP contribution in [0, 0.1) is 6.92 Å². The summed E-state index contributed by atoms with van der Waals surface area (Å²) < 4.78 is 11.4. The predicted octanol–water partition coefficient (Wildman–Crippen LogP) is 3.12. The number of benzene rings is 1. The summed E-state index contributed by atoms with van der Waals surface area (Å²) in [6, 6.07) is 2.67. The molecule has 1 amide bonds. The molecule has 0 radical (unpaired) electrons. The lowest BCUT2D eigenvalue weighted by atomic mass is 10.0. The fraction of sp³-hybridized carbons (Fsp3) is 0.500. The van der Waals surface area contributed by atoms with E-state index in [0.717, 1.165) is 35.8 Å². The Morgan fingerprint density at radius 1 is 1.28 bits per heavy atom. The van der Waals surface area contributed by atoms with Crippen molar-refractivity contribution in [3.63, 3.8) is 0 Å². The number of ether oxygens (including phenoxy) is 1. The molecule has 0 saturated carbocycles. The average Bonchev–Trinajstić information content (AvgIpc) is 3.14. The van der Waals surface area contributed by atoms with E-state index in [1.54, 1.807) is 13.0 Å². The van der Waals surface area contributed by atoms with E-state index in [2.05, 4.69) is 5.32 Å². The van der Waals surface area contributed by atoms with E-state index in [1.807, 2.05) is 19.9 Å². The zero-order valence-corrected chi connectivity index (χ0v) is 17.0. The first kappa shape index (κ1) is 20.9. The number of fused-ring (bicyclic) bond motifs is 3. The lowest BCUT2D eigenvalue weighted by Gasteiger charge is -2.20. The Kier molecular flexibility index (Phi) is 6.25. The normalized spacial score (nSPS) is 15.0. The van der Waals surface area contributed by atoms with Gasteiger partial charge in [0.25, 0.3) is 5.91 Å². The van der Waals surface area contributed by atoms with Gasteiger partial charge < -0.3 is 19.6 Å². The maximum absolute atomic E-state index is 12.6. The van der Waals surface area contributed by atoms with E-state index in [9.17, 15) is 19.5 Å². The summed E-state index contributed by atoms with van der Waals surface area (Å²) in [6.07, 6.45) is 3.34. The number of aliphatic carboxylic acids is 1. The molecule has 7 heteroatoms. The standard InChI is InChI=1S/C22H27NO6/c1-4-5-9-16(21(25)26)23-20(24)13(3)28-17-10-12(2)11-18-19(17)14-7-6-8-15(14)22(27)29-18/h10-11,13,16H,4-9H2,1-3H3,(H,23,24)(H,25,26)/t13-,16+/m1/s1. The Morgan fingerprint density at radius 2 is 2.00 bits per heavy atom. The van der Waals surface area contributed by atoms with Crippen molar-refractivity contribution in [3.05, 3.63) is 39.2 Å². The van der Waals surface area contributed by atoms with Crippen LogP contribution in [0.1, 0.15) is 56.2 Å². The topological polar surface area (TPSA) is 106 Å². The van der Waals surface area contributed by atoms with Crippen LogP contribution >= 0.6 is 0 Å². The van der Waals surface area contributed by atoms with Crippen LogP contribution in [0.2, 0.25) is 0 Å². The van der Waals surface area contributed by atoms with E-state index < -0.39 is 24.0 Å². The number of unbranched alkanes of at least 4 members (excludes halogenated alkanes) is 1. The molecule has 156 valence electrons. The molecule has 2 N–H and O–H groups in total. The van der Waals surface area contributed by atoms with Gasteiger partial charge in [-0.1, -0.05) is 19.8 Å². The molecule has 2 atom stereocenters. The highest BCUT2D eigenvalue weighted by atomic mass is 16.5. The van der Waals surface area contributed by atoms with Crippen LogP contribution in [-0.2, 0) is 22.4 Å². The zero-order valence-electron chi connectivity index (χ0n) is 17.0. The molecule has 1 aliphatic rings. The summed E-state index contributed by atoms with van der Waals surface area (Å²) >= 11 is 0. The third kappa shape index (κ3) is 4.44. The molecule has 2 aromatic rings. The molecule has 1 heterocycles. The van der Waals surface area contributed by atoms with Crippen molar-refractivity contribution < 1.29 is 23.8 Å². The molecule has 0 fully saturated rings. The Morgan fingerprint density at radius 3 is 2.69 bits per heavy atom. The summed E-state index contributed by atoms with van der Waals surface area (Å²) in [5.74, 6) is -1.07. The number of nitrogens with one attached hydrogen (secondary N) is 1. The van der Waals surface area contributed by atoms with Gasteiger partial charge in [0.1, 0.15) is 17.4 Å². The average molecular weight is 401 g/mol. The first-order valence-corrected chi connectivity index (χ1v) is 10.1. The van der Waals surface area contributed by atoms with Gasteiger partial charge in [-0.25, -0.2) is 9.59 Å². The smallest absolute Gasteiger partial charge is 0.339 e. The van der Waals surface area contributed by atoms with Crippen LogP contribution in [0.15, 0.2) is 21.3 Å². The molecular weight excluding hydrogens is 374 g/mol. The van der Waals surface area contributed by atoms with Gasteiger partial charge in [0.15, 0.2) is 6.10 Å². The lowest BCUT2D eigenvalue weighted by molar-refractivity contribution is -0.143. The van der Waals surface area contributed by atoms with E-state index in [-0.39, 0.29) is 5.63 Å². The predicted molar refractivity (Wildman–Crippen MR) is 108 cm³/mol. The van der Waals surface area contributed by atoms with Crippen molar-refractivity contribution >= 4 is 22.8 Å². The maximum atomic E-state index is 12.6. The number of carboxylic acids is 1. The summed E-state index contributed by atoms with van der Waals surface area (Å²) in [4.78, 5) is 36.2. The van der Waals surface area contributed by atoms with Crippen molar-refractivity contribution in [3.8, 4) is 5.75 Å². The van der Waals surface area contributed by atoms with Crippen LogP contribution < -0.4 is 15.7 Å². The minimum Gasteiger partial charge on any atom is -0.480 e. The molecule has 1 aliphatic carbocycles. The molecule has 3 rings (SSSR count). The van der Waals surface area contributed by atoms with E-state index >= 15 is 0 Å². The molecule has 0 bridgehead atoms. The molecule has 1 aromatic heterocycles. The first-order chi connectivity index (χ1) is 13.8. The molecule has 7 nitrogen and oxygen atoms in total. The van der Waals surface area contributed by atoms with Gasteiger partial charge >= 0.3 is 11.6 Å². The highest BCUT2D eigenvalue weighted by Crippen LogP contribution is 2.35. The van der Waals surface area contributed by atoms with Gasteiger partial charge in [-0.2, -0.15) is 0 Å². The largest absolute Gasteiger partial charge is 0.480 e. The quantitative estimate of drug-likeness (QED) is 0.659. The lowest BCUT2D eigenvalue weighted by Crippen LogP contribution is -2.46. The molecule has 0 saturated heterocycles. The summed E-state index contributed by atoms with van der Waals surface area (Å²) in [7, 11) is 0. The number of hydrogen-bond acceptors (Lipinski definition) is 5. The molecule has 0 spiro atoms. The number of rotatable bonds is 8.